The Kier molecular flexibility index (Phi) is 5.75. The van der Waals surface area contributed by atoms with Crippen LogP contribution in [0.2, 0.25) is 0 Å². The zero-order chi connectivity index (χ0) is 22.3. The summed E-state index contributed by atoms with van der Waals surface area (Å²) in [6, 6.07) is 12.1. The van der Waals surface area contributed by atoms with Crippen LogP contribution in [0, 0.1) is 0 Å². The Morgan fingerprint density at radius 3 is 2.53 bits per heavy atom. The Balaban J connectivity index is 1.79. The predicted octanol–water partition coefficient (Wildman–Crippen LogP) is 2.76. The van der Waals surface area contributed by atoms with Gasteiger partial charge in [0.1, 0.15) is 0 Å². The van der Waals surface area contributed by atoms with Crippen LogP contribution in [-0.4, -0.2) is 45.2 Å². The van der Waals surface area contributed by atoms with Gasteiger partial charge in [0.05, 0.1) is 16.9 Å². The van der Waals surface area contributed by atoms with E-state index < -0.39 is 21.3 Å². The maximum atomic E-state index is 13.0. The number of amides is 2. The molecule has 0 saturated carbocycles. The van der Waals surface area contributed by atoms with Crippen LogP contribution in [0.15, 0.2) is 47.4 Å². The number of sulfonamides is 1. The molecule has 0 aromatic heterocycles. The van der Waals surface area contributed by atoms with E-state index in [2.05, 4.69) is 5.32 Å². The summed E-state index contributed by atoms with van der Waals surface area (Å²) in [6.45, 7) is 5.24. The molecule has 2 aromatic carbocycles. The molecule has 0 unspecified atom stereocenters. The average molecular weight is 430 g/mol. The van der Waals surface area contributed by atoms with Gasteiger partial charge in [0.2, 0.25) is 21.8 Å². The van der Waals surface area contributed by atoms with Gasteiger partial charge in [0.25, 0.3) is 0 Å². The first-order valence-corrected chi connectivity index (χ1v) is 11.2. The number of carbonyl (C=O) groups is 2. The molecule has 160 valence electrons. The monoisotopic (exact) mass is 429 g/mol. The Bertz CT molecular complexity index is 1110. The van der Waals surface area contributed by atoms with Crippen LogP contribution >= 0.6 is 0 Å². The molecule has 1 heterocycles. The fourth-order valence-corrected chi connectivity index (χ4v) is 4.80. The minimum atomic E-state index is -3.90. The van der Waals surface area contributed by atoms with E-state index in [-0.39, 0.29) is 17.3 Å². The standard InChI is InChI=1S/C22H27N3O4S/c1-6-15-8-7-9-16(12-15)23-20(26)14-24(4)30(28,29)17-10-11-19-18(13-17)22(2,3)21(27)25(19)5/h7-13H,6,14H2,1-5H3,(H,23,26). The molecule has 0 aliphatic carbocycles. The molecular weight excluding hydrogens is 402 g/mol. The normalized spacial score (nSPS) is 15.4. The topological polar surface area (TPSA) is 86.8 Å². The lowest BCUT2D eigenvalue weighted by Gasteiger charge is -2.19. The first kappa shape index (κ1) is 22.0. The van der Waals surface area contributed by atoms with Gasteiger partial charge in [-0.05, 0) is 61.7 Å². The van der Waals surface area contributed by atoms with Gasteiger partial charge in [0.15, 0.2) is 0 Å². The molecule has 8 heteroatoms. The van der Waals surface area contributed by atoms with Gasteiger partial charge in [-0.3, -0.25) is 9.59 Å². The molecule has 3 rings (SSSR count). The number of anilines is 2. The minimum Gasteiger partial charge on any atom is -0.325 e. The Hall–Kier alpha value is -2.71. The molecule has 0 spiro atoms. The zero-order valence-corrected chi connectivity index (χ0v) is 18.7. The number of hydrogen-bond donors (Lipinski definition) is 1. The predicted molar refractivity (Wildman–Crippen MR) is 117 cm³/mol. The van der Waals surface area contributed by atoms with Crippen molar-refractivity contribution in [3.8, 4) is 0 Å². The Morgan fingerprint density at radius 1 is 1.17 bits per heavy atom. The van der Waals surface area contributed by atoms with E-state index in [1.165, 1.54) is 24.1 Å². The van der Waals surface area contributed by atoms with Gasteiger partial charge < -0.3 is 10.2 Å². The number of rotatable bonds is 6. The first-order chi connectivity index (χ1) is 14.0. The second-order valence-corrected chi connectivity index (χ2v) is 10.1. The van der Waals surface area contributed by atoms with E-state index >= 15 is 0 Å². The number of hydrogen-bond acceptors (Lipinski definition) is 4. The minimum absolute atomic E-state index is 0.0562. The van der Waals surface area contributed by atoms with Gasteiger partial charge in [0, 0.05) is 25.5 Å². The van der Waals surface area contributed by atoms with Crippen LogP contribution in [0.3, 0.4) is 0 Å². The zero-order valence-electron chi connectivity index (χ0n) is 17.9. The van der Waals surface area contributed by atoms with Crippen LogP contribution in [0.25, 0.3) is 0 Å². The molecule has 0 saturated heterocycles. The van der Waals surface area contributed by atoms with Crippen molar-refractivity contribution in [1.82, 2.24) is 4.31 Å². The third-order valence-electron chi connectivity index (χ3n) is 5.54. The largest absolute Gasteiger partial charge is 0.325 e. The van der Waals surface area contributed by atoms with Crippen molar-refractivity contribution in [2.45, 2.75) is 37.5 Å². The molecule has 0 radical (unpaired) electrons. The molecule has 2 aromatic rings. The summed E-state index contributed by atoms with van der Waals surface area (Å²) in [5, 5.41) is 2.74. The summed E-state index contributed by atoms with van der Waals surface area (Å²) in [5.41, 5.74) is 2.25. The Morgan fingerprint density at radius 2 is 1.87 bits per heavy atom. The van der Waals surface area contributed by atoms with Gasteiger partial charge >= 0.3 is 0 Å². The van der Waals surface area contributed by atoms with Crippen molar-refractivity contribution in [2.75, 3.05) is 30.9 Å². The lowest BCUT2D eigenvalue weighted by Crippen LogP contribution is -2.35. The van der Waals surface area contributed by atoms with Crippen LogP contribution in [0.1, 0.15) is 31.9 Å². The van der Waals surface area contributed by atoms with Gasteiger partial charge in [-0.1, -0.05) is 19.1 Å². The van der Waals surface area contributed by atoms with Crippen LogP contribution in [0.4, 0.5) is 11.4 Å². The van der Waals surface area contributed by atoms with Crippen LogP contribution < -0.4 is 10.2 Å². The van der Waals surface area contributed by atoms with E-state index in [9.17, 15) is 18.0 Å². The molecule has 1 N–H and O–H groups in total. The third kappa shape index (κ3) is 3.85. The number of nitrogens with one attached hydrogen (secondary N) is 1. The quantitative estimate of drug-likeness (QED) is 0.765. The summed E-state index contributed by atoms with van der Waals surface area (Å²) in [4.78, 5) is 26.5. The van der Waals surface area contributed by atoms with Crippen molar-refractivity contribution in [3.63, 3.8) is 0 Å². The number of nitrogens with zero attached hydrogens (tertiary/aromatic N) is 2. The van der Waals surface area contributed by atoms with Crippen molar-refractivity contribution < 1.29 is 18.0 Å². The Labute approximate surface area is 177 Å². The van der Waals surface area contributed by atoms with Crippen LogP contribution in [0.5, 0.6) is 0 Å². The molecule has 0 atom stereocenters. The number of carbonyl (C=O) groups excluding carboxylic acids is 2. The molecule has 1 aliphatic rings. The summed E-state index contributed by atoms with van der Waals surface area (Å²) in [6.07, 6.45) is 0.838. The smallest absolute Gasteiger partial charge is 0.243 e. The van der Waals surface area contributed by atoms with E-state index in [0.717, 1.165) is 16.3 Å². The van der Waals surface area contributed by atoms with Gasteiger partial charge in [-0.25, -0.2) is 8.42 Å². The highest BCUT2D eigenvalue weighted by Gasteiger charge is 2.43. The van der Waals surface area contributed by atoms with E-state index in [0.29, 0.717) is 16.9 Å². The van der Waals surface area contributed by atoms with E-state index in [1.54, 1.807) is 33.0 Å². The van der Waals surface area contributed by atoms with Crippen molar-refractivity contribution in [1.29, 1.82) is 0 Å². The highest BCUT2D eigenvalue weighted by Crippen LogP contribution is 2.41. The molecule has 7 nitrogen and oxygen atoms in total. The number of benzene rings is 2. The lowest BCUT2D eigenvalue weighted by molar-refractivity contribution is -0.121. The fraction of sp³-hybridized carbons (Fsp3) is 0.364. The summed E-state index contributed by atoms with van der Waals surface area (Å²) >= 11 is 0. The number of fused-ring (bicyclic) bond motifs is 1. The molecule has 30 heavy (non-hydrogen) atoms. The van der Waals surface area contributed by atoms with Crippen molar-refractivity contribution in [2.24, 2.45) is 0 Å². The lowest BCUT2D eigenvalue weighted by atomic mass is 9.86. The summed E-state index contributed by atoms with van der Waals surface area (Å²) in [5.74, 6) is -0.514. The highest BCUT2D eigenvalue weighted by molar-refractivity contribution is 7.89. The number of aryl methyl sites for hydroxylation is 1. The van der Waals surface area contributed by atoms with Crippen molar-refractivity contribution >= 4 is 33.2 Å². The fourth-order valence-electron chi connectivity index (χ4n) is 3.65. The van der Waals surface area contributed by atoms with E-state index in [4.69, 9.17) is 0 Å². The number of likely N-dealkylation sites (N-methyl/N-ethyl adjacent to an activating group) is 2. The third-order valence-corrected chi connectivity index (χ3v) is 7.33. The summed E-state index contributed by atoms with van der Waals surface area (Å²) in [7, 11) is -0.860. The van der Waals surface area contributed by atoms with Gasteiger partial charge in [-0.2, -0.15) is 4.31 Å². The maximum Gasteiger partial charge on any atom is 0.243 e. The second kappa shape index (κ2) is 7.85. The average Bonchev–Trinajstić information content (AvgIpc) is 2.88. The van der Waals surface area contributed by atoms with Crippen molar-refractivity contribution in [3.05, 3.63) is 53.6 Å². The SMILES string of the molecule is CCc1cccc(NC(=O)CN(C)S(=O)(=O)c2ccc3c(c2)C(C)(C)C(=O)N3C)c1. The molecule has 1 aliphatic heterocycles. The van der Waals surface area contributed by atoms with Crippen LogP contribution in [-0.2, 0) is 31.4 Å². The van der Waals surface area contributed by atoms with E-state index in [1.807, 2.05) is 25.1 Å². The first-order valence-electron chi connectivity index (χ1n) is 9.76. The maximum absolute atomic E-state index is 13.0. The molecular formula is C22H27N3O4S. The molecule has 2 amide bonds. The highest BCUT2D eigenvalue weighted by atomic mass is 32.2. The van der Waals surface area contributed by atoms with Gasteiger partial charge in [-0.15, -0.1) is 0 Å². The molecule has 0 bridgehead atoms. The second-order valence-electron chi connectivity index (χ2n) is 8.03. The molecule has 0 fully saturated rings. The summed E-state index contributed by atoms with van der Waals surface area (Å²) < 4.78 is 27.1.